The van der Waals surface area contributed by atoms with Crippen LogP contribution in [0, 0.1) is 0 Å². The van der Waals surface area contributed by atoms with E-state index in [9.17, 15) is 0 Å². The molecule has 1 aliphatic heterocycles. The van der Waals surface area contributed by atoms with Gasteiger partial charge in [-0.05, 0) is 56.4 Å². The Labute approximate surface area is 104 Å². The van der Waals surface area contributed by atoms with Gasteiger partial charge in [0.05, 0.1) is 6.61 Å². The molecule has 0 atom stereocenters. The van der Waals surface area contributed by atoms with E-state index in [1.807, 2.05) is 12.1 Å². The molecule has 0 saturated carbocycles. The fraction of sp³-hybridized carbons (Fsp3) is 0.600. The molecule has 2 nitrogen and oxygen atoms in total. The molecule has 1 aromatic carbocycles. The molecule has 1 aromatic rings. The highest BCUT2D eigenvalue weighted by Crippen LogP contribution is 2.11. The maximum absolute atomic E-state index is 8.97. The van der Waals surface area contributed by atoms with Gasteiger partial charge in [0, 0.05) is 0 Å². The highest BCUT2D eigenvalue weighted by molar-refractivity contribution is 5.21. The molecule has 0 radical (unpaired) electrons. The highest BCUT2D eigenvalue weighted by atomic mass is 16.3. The molecule has 0 bridgehead atoms. The van der Waals surface area contributed by atoms with Crippen molar-refractivity contribution in [3.63, 3.8) is 0 Å². The second-order valence-corrected chi connectivity index (χ2v) is 4.98. The lowest BCUT2D eigenvalue weighted by Gasteiger charge is -2.26. The molecule has 2 heteroatoms. The average Bonchev–Trinajstić information content (AvgIpc) is 2.41. The first-order valence-electron chi connectivity index (χ1n) is 6.79. The van der Waals surface area contributed by atoms with Crippen molar-refractivity contribution < 1.29 is 5.11 Å². The van der Waals surface area contributed by atoms with Gasteiger partial charge in [-0.25, -0.2) is 0 Å². The van der Waals surface area contributed by atoms with Crippen LogP contribution >= 0.6 is 0 Å². The Kier molecular flexibility index (Phi) is 5.02. The van der Waals surface area contributed by atoms with Crippen molar-refractivity contribution >= 4 is 0 Å². The SMILES string of the molecule is OCc1ccc(CCCN2CCCCC2)cc1. The summed E-state index contributed by atoms with van der Waals surface area (Å²) in [6, 6.07) is 8.33. The average molecular weight is 233 g/mol. The summed E-state index contributed by atoms with van der Waals surface area (Å²) in [4.78, 5) is 2.59. The Morgan fingerprint density at radius 1 is 0.941 bits per heavy atom. The van der Waals surface area contributed by atoms with Crippen LogP contribution in [0.3, 0.4) is 0 Å². The monoisotopic (exact) mass is 233 g/mol. The second kappa shape index (κ2) is 6.77. The maximum Gasteiger partial charge on any atom is 0.0681 e. The molecule has 17 heavy (non-hydrogen) atoms. The molecule has 0 aliphatic carbocycles. The van der Waals surface area contributed by atoms with Gasteiger partial charge in [0.25, 0.3) is 0 Å². The lowest BCUT2D eigenvalue weighted by atomic mass is 10.1. The number of hydrogen-bond acceptors (Lipinski definition) is 2. The van der Waals surface area contributed by atoms with Crippen molar-refractivity contribution in [2.45, 2.75) is 38.7 Å². The number of benzene rings is 1. The van der Waals surface area contributed by atoms with Gasteiger partial charge in [0.1, 0.15) is 0 Å². The minimum Gasteiger partial charge on any atom is -0.392 e. The van der Waals surface area contributed by atoms with Crippen molar-refractivity contribution in [1.82, 2.24) is 4.90 Å². The molecular weight excluding hydrogens is 210 g/mol. The van der Waals surface area contributed by atoms with E-state index < -0.39 is 0 Å². The fourth-order valence-corrected chi connectivity index (χ4v) is 2.50. The summed E-state index contributed by atoms with van der Waals surface area (Å²) >= 11 is 0. The zero-order valence-corrected chi connectivity index (χ0v) is 10.6. The van der Waals surface area contributed by atoms with Crippen molar-refractivity contribution in [3.8, 4) is 0 Å². The minimum absolute atomic E-state index is 0.147. The summed E-state index contributed by atoms with van der Waals surface area (Å²) in [5, 5.41) is 8.97. The van der Waals surface area contributed by atoms with Crippen LogP contribution < -0.4 is 0 Å². The van der Waals surface area contributed by atoms with Gasteiger partial charge < -0.3 is 10.0 Å². The summed E-state index contributed by atoms with van der Waals surface area (Å²) in [6.07, 6.45) is 6.58. The second-order valence-electron chi connectivity index (χ2n) is 4.98. The Balaban J connectivity index is 1.69. The number of rotatable bonds is 5. The van der Waals surface area contributed by atoms with Gasteiger partial charge in [0.2, 0.25) is 0 Å². The molecule has 1 N–H and O–H groups in total. The van der Waals surface area contributed by atoms with E-state index in [-0.39, 0.29) is 6.61 Å². The molecule has 1 heterocycles. The van der Waals surface area contributed by atoms with Crippen LogP contribution in [-0.2, 0) is 13.0 Å². The third kappa shape index (κ3) is 4.14. The van der Waals surface area contributed by atoms with Gasteiger partial charge >= 0.3 is 0 Å². The van der Waals surface area contributed by atoms with Crippen LogP contribution in [0.15, 0.2) is 24.3 Å². The number of aliphatic hydroxyl groups excluding tert-OH is 1. The molecule has 0 unspecified atom stereocenters. The Morgan fingerprint density at radius 3 is 2.24 bits per heavy atom. The van der Waals surface area contributed by atoms with Gasteiger partial charge in [-0.3, -0.25) is 0 Å². The van der Waals surface area contributed by atoms with Crippen LogP contribution in [-0.4, -0.2) is 29.6 Å². The lowest BCUT2D eigenvalue weighted by Crippen LogP contribution is -2.30. The number of aryl methyl sites for hydroxylation is 1. The molecule has 1 saturated heterocycles. The van der Waals surface area contributed by atoms with E-state index in [2.05, 4.69) is 17.0 Å². The summed E-state index contributed by atoms with van der Waals surface area (Å²) < 4.78 is 0. The van der Waals surface area contributed by atoms with E-state index in [0.29, 0.717) is 0 Å². The molecule has 0 amide bonds. The molecule has 94 valence electrons. The zero-order chi connectivity index (χ0) is 11.9. The van der Waals surface area contributed by atoms with Crippen LogP contribution in [0.1, 0.15) is 36.8 Å². The number of nitrogens with zero attached hydrogens (tertiary/aromatic N) is 1. The third-order valence-corrected chi connectivity index (χ3v) is 3.59. The van der Waals surface area contributed by atoms with E-state index in [1.54, 1.807) is 0 Å². The van der Waals surface area contributed by atoms with Crippen molar-refractivity contribution in [3.05, 3.63) is 35.4 Å². The Bertz CT molecular complexity index is 314. The molecule has 0 aromatic heterocycles. The molecule has 1 fully saturated rings. The van der Waals surface area contributed by atoms with E-state index in [1.165, 1.54) is 50.9 Å². The maximum atomic E-state index is 8.97. The fourth-order valence-electron chi connectivity index (χ4n) is 2.50. The highest BCUT2D eigenvalue weighted by Gasteiger charge is 2.08. The van der Waals surface area contributed by atoms with Crippen LogP contribution in [0.25, 0.3) is 0 Å². The predicted octanol–water partition coefficient (Wildman–Crippen LogP) is 2.60. The quantitative estimate of drug-likeness (QED) is 0.845. The van der Waals surface area contributed by atoms with Crippen molar-refractivity contribution in [1.29, 1.82) is 0 Å². The van der Waals surface area contributed by atoms with Crippen LogP contribution in [0.2, 0.25) is 0 Å². The molecule has 0 spiro atoms. The normalized spacial score (nSPS) is 17.2. The largest absolute Gasteiger partial charge is 0.392 e. The first-order valence-corrected chi connectivity index (χ1v) is 6.79. The number of hydrogen-bond donors (Lipinski definition) is 1. The smallest absolute Gasteiger partial charge is 0.0681 e. The molecular formula is C15H23NO. The topological polar surface area (TPSA) is 23.5 Å². The first-order chi connectivity index (χ1) is 8.38. The summed E-state index contributed by atoms with van der Waals surface area (Å²) in [5.74, 6) is 0. The Morgan fingerprint density at radius 2 is 1.59 bits per heavy atom. The van der Waals surface area contributed by atoms with Gasteiger partial charge in [-0.1, -0.05) is 30.7 Å². The summed E-state index contributed by atoms with van der Waals surface area (Å²) in [6.45, 7) is 3.97. The minimum atomic E-state index is 0.147. The summed E-state index contributed by atoms with van der Waals surface area (Å²) in [5.41, 5.74) is 2.39. The standard InChI is InChI=1S/C15H23NO/c17-13-15-8-6-14(7-9-15)5-4-12-16-10-2-1-3-11-16/h6-9,17H,1-5,10-13H2. The molecule has 2 rings (SSSR count). The number of likely N-dealkylation sites (tertiary alicyclic amines) is 1. The number of aliphatic hydroxyl groups is 1. The van der Waals surface area contributed by atoms with E-state index in [4.69, 9.17) is 5.11 Å². The van der Waals surface area contributed by atoms with Crippen LogP contribution in [0.4, 0.5) is 0 Å². The number of piperidine rings is 1. The van der Waals surface area contributed by atoms with Gasteiger partial charge in [-0.15, -0.1) is 0 Å². The van der Waals surface area contributed by atoms with Crippen LogP contribution in [0.5, 0.6) is 0 Å². The third-order valence-electron chi connectivity index (χ3n) is 3.59. The summed E-state index contributed by atoms with van der Waals surface area (Å²) in [7, 11) is 0. The first kappa shape index (κ1) is 12.6. The van der Waals surface area contributed by atoms with Gasteiger partial charge in [-0.2, -0.15) is 0 Å². The van der Waals surface area contributed by atoms with Gasteiger partial charge in [0.15, 0.2) is 0 Å². The lowest BCUT2D eigenvalue weighted by molar-refractivity contribution is 0.226. The zero-order valence-electron chi connectivity index (χ0n) is 10.6. The molecule has 1 aliphatic rings. The van der Waals surface area contributed by atoms with Crippen molar-refractivity contribution in [2.24, 2.45) is 0 Å². The van der Waals surface area contributed by atoms with Crippen molar-refractivity contribution in [2.75, 3.05) is 19.6 Å². The predicted molar refractivity (Wildman–Crippen MR) is 71.0 cm³/mol. The Hall–Kier alpha value is -0.860. The van der Waals surface area contributed by atoms with E-state index in [0.717, 1.165) is 12.0 Å². The van der Waals surface area contributed by atoms with E-state index >= 15 is 0 Å².